The van der Waals surface area contributed by atoms with Gasteiger partial charge >= 0.3 is 5.97 Å². The molecule has 0 aromatic heterocycles. The number of sulfonamides is 1. The van der Waals surface area contributed by atoms with Gasteiger partial charge < -0.3 is 9.64 Å². The quantitative estimate of drug-likeness (QED) is 0.403. The third-order valence-corrected chi connectivity index (χ3v) is 9.36. The Hall–Kier alpha value is -0.190. The molecule has 23 heavy (non-hydrogen) atoms. The van der Waals surface area contributed by atoms with Crippen LogP contribution in [0.5, 0.6) is 0 Å². The van der Waals surface area contributed by atoms with E-state index in [1.807, 2.05) is 13.8 Å². The second kappa shape index (κ2) is 8.26. The summed E-state index contributed by atoms with van der Waals surface area (Å²) in [7, 11) is -0.631. The molecule has 7 nitrogen and oxygen atoms in total. The first-order valence-electron chi connectivity index (χ1n) is 7.11. The summed E-state index contributed by atoms with van der Waals surface area (Å²) in [5.74, 6) is -1.25. The Kier molecular flexibility index (Phi) is 7.49. The molecule has 0 saturated carbocycles. The summed E-state index contributed by atoms with van der Waals surface area (Å²) in [6.07, 6.45) is 0. The third kappa shape index (κ3) is 4.46. The Bertz CT molecular complexity index is 549. The molecule has 2 atom stereocenters. The Labute approximate surface area is 154 Å². The number of methoxy groups -OCH3 is 1. The lowest BCUT2D eigenvalue weighted by atomic mass is 9.97. The Morgan fingerprint density at radius 3 is 2.26 bits per heavy atom. The van der Waals surface area contributed by atoms with Crippen LogP contribution in [0.15, 0.2) is 0 Å². The highest BCUT2D eigenvalue weighted by Gasteiger charge is 2.45. The molecule has 1 heterocycles. The number of hydrogen-bond donors (Lipinski definition) is 0. The van der Waals surface area contributed by atoms with Gasteiger partial charge in [-0.3, -0.25) is 4.79 Å². The third-order valence-electron chi connectivity index (χ3n) is 3.84. The fourth-order valence-electron chi connectivity index (χ4n) is 2.47. The summed E-state index contributed by atoms with van der Waals surface area (Å²) in [5.41, 5.74) is 0. The highest BCUT2D eigenvalue weighted by atomic mass is 79.9. The average molecular weight is 478 g/mol. The van der Waals surface area contributed by atoms with Crippen LogP contribution in [0.2, 0.25) is 0 Å². The molecule has 134 valence electrons. The van der Waals surface area contributed by atoms with Crippen LogP contribution >= 0.6 is 31.9 Å². The fraction of sp³-hybridized carbons (Fsp3) is 0.846. The number of carbonyl (C=O) groups is 2. The molecule has 1 unspecified atom stereocenters. The molecule has 1 aliphatic heterocycles. The van der Waals surface area contributed by atoms with Crippen molar-refractivity contribution < 1.29 is 22.7 Å². The number of nitrogens with zero attached hydrogens (tertiary/aromatic N) is 2. The predicted octanol–water partition coefficient (Wildman–Crippen LogP) is 1.02. The SMILES string of the molecule is COC(=O)[C@H](C(C)C)N(C)C(=O)C1CN(S(=O)(=O)C(Br)CBr)C1. The van der Waals surface area contributed by atoms with Gasteiger partial charge in [0.25, 0.3) is 0 Å². The van der Waals surface area contributed by atoms with Gasteiger partial charge in [-0.2, -0.15) is 4.31 Å². The Balaban J connectivity index is 2.73. The molecule has 0 bridgehead atoms. The van der Waals surface area contributed by atoms with E-state index in [2.05, 4.69) is 31.9 Å². The van der Waals surface area contributed by atoms with E-state index in [4.69, 9.17) is 4.74 Å². The Morgan fingerprint density at radius 2 is 1.87 bits per heavy atom. The van der Waals surface area contributed by atoms with E-state index in [0.717, 1.165) is 0 Å². The molecule has 1 saturated heterocycles. The van der Waals surface area contributed by atoms with E-state index in [-0.39, 0.29) is 30.2 Å². The van der Waals surface area contributed by atoms with Crippen molar-refractivity contribution in [2.24, 2.45) is 11.8 Å². The van der Waals surface area contributed by atoms with Crippen LogP contribution in [0.1, 0.15) is 13.8 Å². The molecular formula is C13H22Br2N2O5S. The minimum Gasteiger partial charge on any atom is -0.467 e. The van der Waals surface area contributed by atoms with Gasteiger partial charge in [0.05, 0.1) is 13.0 Å². The van der Waals surface area contributed by atoms with E-state index < -0.39 is 32.1 Å². The van der Waals surface area contributed by atoms with Crippen LogP contribution in [0.4, 0.5) is 0 Å². The molecule has 0 aromatic rings. The average Bonchev–Trinajstić information content (AvgIpc) is 2.43. The number of likely N-dealkylation sites (N-methyl/N-ethyl adjacent to an activating group) is 1. The van der Waals surface area contributed by atoms with Gasteiger partial charge in [0.15, 0.2) is 0 Å². The van der Waals surface area contributed by atoms with E-state index in [9.17, 15) is 18.0 Å². The molecule has 1 rings (SSSR count). The standard InChI is InChI=1S/C13H22Br2N2O5S/c1-8(2)11(13(19)22-4)16(3)12(18)9-6-17(7-9)23(20,21)10(15)5-14/h8-11H,5-7H2,1-4H3/t10?,11-/m0/s1. The van der Waals surface area contributed by atoms with Gasteiger partial charge in [-0.1, -0.05) is 45.7 Å². The fourth-order valence-corrected chi connectivity index (χ4v) is 5.44. The summed E-state index contributed by atoms with van der Waals surface area (Å²) in [5, 5.41) is 0.266. The van der Waals surface area contributed by atoms with Gasteiger partial charge in [-0.25, -0.2) is 13.2 Å². The number of amides is 1. The van der Waals surface area contributed by atoms with E-state index in [1.165, 1.54) is 16.3 Å². The Morgan fingerprint density at radius 1 is 1.35 bits per heavy atom. The van der Waals surface area contributed by atoms with Crippen molar-refractivity contribution in [1.82, 2.24) is 9.21 Å². The van der Waals surface area contributed by atoms with Crippen LogP contribution in [-0.4, -0.2) is 72.3 Å². The van der Waals surface area contributed by atoms with Crippen molar-refractivity contribution >= 4 is 53.8 Å². The zero-order valence-corrected chi connectivity index (χ0v) is 17.5. The number of alkyl halides is 2. The number of ether oxygens (including phenoxy) is 1. The molecule has 0 radical (unpaired) electrons. The van der Waals surface area contributed by atoms with Crippen molar-refractivity contribution in [2.75, 3.05) is 32.6 Å². The number of carbonyl (C=O) groups excluding carboxylic acids is 2. The van der Waals surface area contributed by atoms with Gasteiger partial charge in [0.2, 0.25) is 15.9 Å². The van der Waals surface area contributed by atoms with Gasteiger partial charge in [0, 0.05) is 25.5 Å². The van der Waals surface area contributed by atoms with Crippen LogP contribution in [0, 0.1) is 11.8 Å². The zero-order chi connectivity index (χ0) is 17.9. The monoisotopic (exact) mass is 476 g/mol. The maximum Gasteiger partial charge on any atom is 0.328 e. The molecule has 1 fully saturated rings. The first-order chi connectivity index (χ1) is 10.6. The van der Waals surface area contributed by atoms with Crippen molar-refractivity contribution in [3.05, 3.63) is 0 Å². The minimum atomic E-state index is -3.46. The number of halogens is 2. The second-order valence-corrected chi connectivity index (χ2v) is 10.3. The van der Waals surface area contributed by atoms with Crippen LogP contribution in [0.3, 0.4) is 0 Å². The molecule has 0 spiro atoms. The van der Waals surface area contributed by atoms with Crippen LogP contribution in [0.25, 0.3) is 0 Å². The maximum absolute atomic E-state index is 12.5. The molecule has 0 aliphatic carbocycles. The van der Waals surface area contributed by atoms with Gasteiger partial charge in [0.1, 0.15) is 10.2 Å². The molecule has 1 amide bonds. The first-order valence-corrected chi connectivity index (χ1v) is 10.6. The lowest BCUT2D eigenvalue weighted by molar-refractivity contribution is -0.156. The summed E-state index contributed by atoms with van der Waals surface area (Å²) in [6, 6.07) is -0.676. The first kappa shape index (κ1) is 20.9. The van der Waals surface area contributed by atoms with Crippen molar-refractivity contribution in [3.8, 4) is 0 Å². The number of hydrogen-bond acceptors (Lipinski definition) is 5. The van der Waals surface area contributed by atoms with Crippen molar-refractivity contribution in [1.29, 1.82) is 0 Å². The second-order valence-electron chi connectivity index (χ2n) is 5.78. The minimum absolute atomic E-state index is 0.100. The van der Waals surface area contributed by atoms with Crippen molar-refractivity contribution in [2.45, 2.75) is 24.0 Å². The van der Waals surface area contributed by atoms with Crippen molar-refractivity contribution in [3.63, 3.8) is 0 Å². The summed E-state index contributed by atoms with van der Waals surface area (Å²) in [4.78, 5) is 25.7. The molecular weight excluding hydrogens is 456 g/mol. The molecule has 0 N–H and O–H groups in total. The van der Waals surface area contributed by atoms with Crippen LogP contribution in [-0.2, 0) is 24.3 Å². The zero-order valence-electron chi connectivity index (χ0n) is 13.5. The highest BCUT2D eigenvalue weighted by molar-refractivity contribution is 9.13. The van der Waals surface area contributed by atoms with E-state index in [1.54, 1.807) is 7.05 Å². The smallest absolute Gasteiger partial charge is 0.328 e. The largest absolute Gasteiger partial charge is 0.467 e. The van der Waals surface area contributed by atoms with E-state index in [0.29, 0.717) is 0 Å². The lowest BCUT2D eigenvalue weighted by Crippen LogP contribution is -2.59. The van der Waals surface area contributed by atoms with E-state index >= 15 is 0 Å². The molecule has 10 heteroatoms. The molecule has 0 aromatic carbocycles. The summed E-state index contributed by atoms with van der Waals surface area (Å²) in [6.45, 7) is 3.92. The summed E-state index contributed by atoms with van der Waals surface area (Å²) >= 11 is 6.22. The number of esters is 1. The van der Waals surface area contributed by atoms with Gasteiger partial charge in [-0.05, 0) is 5.92 Å². The molecule has 1 aliphatic rings. The normalized spacial score (nSPS) is 19.1. The van der Waals surface area contributed by atoms with Gasteiger partial charge in [-0.15, -0.1) is 0 Å². The highest BCUT2D eigenvalue weighted by Crippen LogP contribution is 2.27. The predicted molar refractivity (Wildman–Crippen MR) is 93.9 cm³/mol. The van der Waals surface area contributed by atoms with Crippen LogP contribution < -0.4 is 0 Å². The number of rotatable bonds is 7. The lowest BCUT2D eigenvalue weighted by Gasteiger charge is -2.41. The summed E-state index contributed by atoms with van der Waals surface area (Å²) < 4.78 is 29.6. The maximum atomic E-state index is 12.5. The topological polar surface area (TPSA) is 84.0 Å².